The number of piperazine rings is 1. The van der Waals surface area contributed by atoms with Crippen LogP contribution in [0.1, 0.15) is 32.1 Å². The van der Waals surface area contributed by atoms with E-state index in [1.807, 2.05) is 24.1 Å². The Morgan fingerprint density at radius 1 is 1.14 bits per heavy atom. The van der Waals surface area contributed by atoms with Gasteiger partial charge in [0, 0.05) is 46.3 Å². The second kappa shape index (κ2) is 10.0. The first-order valence-corrected chi connectivity index (χ1v) is 11.1. The molecule has 156 valence electrons. The van der Waals surface area contributed by atoms with E-state index in [9.17, 15) is 4.79 Å². The molecule has 0 aromatic heterocycles. The summed E-state index contributed by atoms with van der Waals surface area (Å²) in [6.07, 6.45) is 5.95. The fraction of sp³-hybridized carbons (Fsp3) is 0.667. The zero-order valence-corrected chi connectivity index (χ0v) is 18.5. The van der Waals surface area contributed by atoms with Crippen molar-refractivity contribution in [2.75, 3.05) is 51.7 Å². The summed E-state index contributed by atoms with van der Waals surface area (Å²) in [6.45, 7) is 5.28. The average Bonchev–Trinajstić information content (AvgIpc) is 2.74. The number of nitrogens with one attached hydrogen (secondary N) is 1. The van der Waals surface area contributed by atoms with Crippen LogP contribution in [0.5, 0.6) is 0 Å². The lowest BCUT2D eigenvalue weighted by molar-refractivity contribution is 0.153. The number of rotatable bonds is 5. The SMILES string of the molecule is CNC(=O)N(C)C1CCC(CCN2CCN(c3cccc(Cl)c3Cl)CC2)CC1. The van der Waals surface area contributed by atoms with Crippen molar-refractivity contribution in [1.82, 2.24) is 15.1 Å². The minimum atomic E-state index is 0.0288. The van der Waals surface area contributed by atoms with Crippen LogP contribution in [0, 0.1) is 5.92 Å². The van der Waals surface area contributed by atoms with Crippen molar-refractivity contribution in [1.29, 1.82) is 0 Å². The van der Waals surface area contributed by atoms with E-state index in [0.717, 1.165) is 57.2 Å². The number of benzene rings is 1. The van der Waals surface area contributed by atoms with Crippen molar-refractivity contribution in [3.8, 4) is 0 Å². The number of hydrogen-bond donors (Lipinski definition) is 1. The normalized spacial score (nSPS) is 23.5. The van der Waals surface area contributed by atoms with Crippen LogP contribution < -0.4 is 10.2 Å². The maximum Gasteiger partial charge on any atom is 0.317 e. The average molecular weight is 427 g/mol. The Morgan fingerprint density at radius 2 is 1.82 bits per heavy atom. The molecule has 0 spiro atoms. The quantitative estimate of drug-likeness (QED) is 0.760. The molecule has 1 aliphatic carbocycles. The molecular weight excluding hydrogens is 395 g/mol. The maximum atomic E-state index is 11.8. The molecule has 2 fully saturated rings. The van der Waals surface area contributed by atoms with Crippen molar-refractivity contribution in [3.63, 3.8) is 0 Å². The highest BCUT2D eigenvalue weighted by Gasteiger charge is 2.27. The smallest absolute Gasteiger partial charge is 0.317 e. The number of halogens is 2. The highest BCUT2D eigenvalue weighted by atomic mass is 35.5. The molecule has 0 unspecified atom stereocenters. The number of amides is 2. The van der Waals surface area contributed by atoms with E-state index in [1.165, 1.54) is 19.3 Å². The molecule has 28 heavy (non-hydrogen) atoms. The molecule has 1 saturated heterocycles. The molecule has 0 bridgehead atoms. The van der Waals surface area contributed by atoms with Crippen LogP contribution in [-0.2, 0) is 0 Å². The van der Waals surface area contributed by atoms with E-state index in [4.69, 9.17) is 23.2 Å². The van der Waals surface area contributed by atoms with Crippen LogP contribution in [0.15, 0.2) is 18.2 Å². The van der Waals surface area contributed by atoms with Gasteiger partial charge in [0.1, 0.15) is 0 Å². The highest BCUT2D eigenvalue weighted by molar-refractivity contribution is 6.43. The predicted octanol–water partition coefficient (Wildman–Crippen LogP) is 4.34. The van der Waals surface area contributed by atoms with E-state index >= 15 is 0 Å². The van der Waals surface area contributed by atoms with Crippen LogP contribution in [0.25, 0.3) is 0 Å². The van der Waals surface area contributed by atoms with Gasteiger partial charge in [-0.15, -0.1) is 0 Å². The molecule has 1 heterocycles. The number of carbonyl (C=O) groups excluding carboxylic acids is 1. The summed E-state index contributed by atoms with van der Waals surface area (Å²) >= 11 is 12.5. The summed E-state index contributed by atoms with van der Waals surface area (Å²) in [7, 11) is 3.61. The van der Waals surface area contributed by atoms with Gasteiger partial charge in [0.2, 0.25) is 0 Å². The second-order valence-corrected chi connectivity index (χ2v) is 8.82. The Bertz CT molecular complexity index is 656. The van der Waals surface area contributed by atoms with Gasteiger partial charge in [0.25, 0.3) is 0 Å². The van der Waals surface area contributed by atoms with Gasteiger partial charge in [-0.2, -0.15) is 0 Å². The molecule has 1 aromatic carbocycles. The van der Waals surface area contributed by atoms with Crippen molar-refractivity contribution in [2.24, 2.45) is 5.92 Å². The topological polar surface area (TPSA) is 38.8 Å². The fourth-order valence-corrected chi connectivity index (χ4v) is 4.89. The van der Waals surface area contributed by atoms with E-state index < -0.39 is 0 Å². The van der Waals surface area contributed by atoms with Crippen LogP contribution in [0.2, 0.25) is 10.0 Å². The van der Waals surface area contributed by atoms with Crippen molar-refractivity contribution in [3.05, 3.63) is 28.2 Å². The summed E-state index contributed by atoms with van der Waals surface area (Å²) in [5, 5.41) is 4.01. The third-order valence-electron chi connectivity index (χ3n) is 6.40. The molecule has 0 radical (unpaired) electrons. The number of carbonyl (C=O) groups is 1. The Labute approximate surface area is 178 Å². The molecule has 5 nitrogen and oxygen atoms in total. The van der Waals surface area contributed by atoms with Crippen molar-refractivity contribution in [2.45, 2.75) is 38.1 Å². The van der Waals surface area contributed by atoms with Crippen LogP contribution in [0.4, 0.5) is 10.5 Å². The summed E-state index contributed by atoms with van der Waals surface area (Å²) in [5.74, 6) is 0.787. The summed E-state index contributed by atoms with van der Waals surface area (Å²) < 4.78 is 0. The molecule has 7 heteroatoms. The van der Waals surface area contributed by atoms with Crippen molar-refractivity contribution >= 4 is 34.9 Å². The van der Waals surface area contributed by atoms with Gasteiger partial charge >= 0.3 is 6.03 Å². The maximum absolute atomic E-state index is 11.8. The zero-order valence-electron chi connectivity index (χ0n) is 17.0. The van der Waals surface area contributed by atoms with Gasteiger partial charge in [0.15, 0.2) is 0 Å². The molecule has 1 saturated carbocycles. The van der Waals surface area contributed by atoms with Gasteiger partial charge < -0.3 is 15.1 Å². The van der Waals surface area contributed by atoms with Crippen LogP contribution >= 0.6 is 23.2 Å². The minimum absolute atomic E-state index is 0.0288. The first-order valence-electron chi connectivity index (χ1n) is 10.4. The predicted molar refractivity (Wildman–Crippen MR) is 118 cm³/mol. The van der Waals surface area contributed by atoms with Gasteiger partial charge in [-0.25, -0.2) is 4.79 Å². The van der Waals surface area contributed by atoms with Crippen LogP contribution in [-0.4, -0.2) is 68.7 Å². The van der Waals surface area contributed by atoms with Gasteiger partial charge in [-0.1, -0.05) is 29.3 Å². The molecule has 1 N–H and O–H groups in total. The molecule has 1 aliphatic heterocycles. The minimum Gasteiger partial charge on any atom is -0.368 e. The summed E-state index contributed by atoms with van der Waals surface area (Å²) in [6, 6.07) is 6.28. The Hall–Kier alpha value is -1.17. The third kappa shape index (κ3) is 5.25. The lowest BCUT2D eigenvalue weighted by Gasteiger charge is -2.38. The number of urea groups is 1. The zero-order chi connectivity index (χ0) is 20.1. The Morgan fingerprint density at radius 3 is 2.46 bits per heavy atom. The summed E-state index contributed by atoms with van der Waals surface area (Å²) in [4.78, 5) is 18.6. The van der Waals surface area contributed by atoms with Crippen molar-refractivity contribution < 1.29 is 4.79 Å². The monoisotopic (exact) mass is 426 g/mol. The fourth-order valence-electron chi connectivity index (χ4n) is 4.48. The lowest BCUT2D eigenvalue weighted by Crippen LogP contribution is -2.47. The van der Waals surface area contributed by atoms with E-state index in [-0.39, 0.29) is 6.03 Å². The standard InChI is InChI=1S/C21H32Cl2N4O/c1-24-21(28)25(2)17-8-6-16(7-9-17)10-11-26-12-14-27(15-13-26)19-5-3-4-18(22)20(19)23/h3-5,16-17H,6-15H2,1-2H3,(H,24,28). The lowest BCUT2D eigenvalue weighted by atomic mass is 9.83. The van der Waals surface area contributed by atoms with Gasteiger partial charge in [-0.3, -0.25) is 4.90 Å². The number of nitrogens with zero attached hydrogens (tertiary/aromatic N) is 3. The molecule has 2 aliphatic rings. The molecule has 3 rings (SSSR count). The molecular formula is C21H32Cl2N4O. The van der Waals surface area contributed by atoms with Gasteiger partial charge in [0.05, 0.1) is 15.7 Å². The third-order valence-corrected chi connectivity index (χ3v) is 7.20. The molecule has 2 amide bonds. The van der Waals surface area contributed by atoms with Gasteiger partial charge in [-0.05, 0) is 56.7 Å². The first-order chi connectivity index (χ1) is 13.5. The molecule has 1 aromatic rings. The largest absolute Gasteiger partial charge is 0.368 e. The van der Waals surface area contributed by atoms with E-state index in [0.29, 0.717) is 16.1 Å². The Balaban J connectivity index is 1.38. The molecule has 0 atom stereocenters. The number of hydrogen-bond acceptors (Lipinski definition) is 3. The number of anilines is 1. The van der Waals surface area contributed by atoms with E-state index in [1.54, 1.807) is 7.05 Å². The highest BCUT2D eigenvalue weighted by Crippen LogP contribution is 2.33. The first kappa shape index (κ1) is 21.5. The van der Waals surface area contributed by atoms with E-state index in [2.05, 4.69) is 21.2 Å². The van der Waals surface area contributed by atoms with Crippen LogP contribution in [0.3, 0.4) is 0 Å². The summed E-state index contributed by atoms with van der Waals surface area (Å²) in [5.41, 5.74) is 1.05. The second-order valence-electron chi connectivity index (χ2n) is 8.03. The Kier molecular flexibility index (Phi) is 7.72.